The van der Waals surface area contributed by atoms with Crippen molar-refractivity contribution in [3.63, 3.8) is 0 Å². The summed E-state index contributed by atoms with van der Waals surface area (Å²) in [5.74, 6) is 0.661. The van der Waals surface area contributed by atoms with Gasteiger partial charge in [0.05, 0.1) is 18.7 Å². The number of benzene rings is 1. The lowest BCUT2D eigenvalue weighted by Gasteiger charge is -2.39. The van der Waals surface area contributed by atoms with Crippen LogP contribution < -0.4 is 10.2 Å². The van der Waals surface area contributed by atoms with Gasteiger partial charge in [-0.2, -0.15) is 0 Å². The first kappa shape index (κ1) is 19.7. The first-order chi connectivity index (χ1) is 14.2. The number of nitrogens with one attached hydrogen (secondary N) is 1. The van der Waals surface area contributed by atoms with Gasteiger partial charge in [-0.25, -0.2) is 4.39 Å². The number of carbonyl (C=O) groups excluding carboxylic acids is 1. The zero-order chi connectivity index (χ0) is 20.1. The molecule has 1 saturated heterocycles. The number of anilines is 1. The molecule has 0 bridgehead atoms. The Morgan fingerprint density at radius 2 is 1.90 bits per heavy atom. The SMILES string of the molecule is O=C(Cc1cccs1)NC[C@H](c1ccco1)N1CCN(c2ccc(F)cc2)CC1. The van der Waals surface area contributed by atoms with Crippen molar-refractivity contribution >= 4 is 22.9 Å². The quantitative estimate of drug-likeness (QED) is 0.642. The number of piperazine rings is 1. The predicted molar refractivity (Wildman–Crippen MR) is 113 cm³/mol. The van der Waals surface area contributed by atoms with Gasteiger partial charge in [-0.1, -0.05) is 6.07 Å². The van der Waals surface area contributed by atoms with E-state index in [0.717, 1.165) is 42.5 Å². The van der Waals surface area contributed by atoms with Crippen molar-refractivity contribution in [1.29, 1.82) is 0 Å². The van der Waals surface area contributed by atoms with Gasteiger partial charge in [0, 0.05) is 43.3 Å². The summed E-state index contributed by atoms with van der Waals surface area (Å²) in [7, 11) is 0. The van der Waals surface area contributed by atoms with E-state index in [2.05, 4.69) is 15.1 Å². The van der Waals surface area contributed by atoms with E-state index in [0.29, 0.717) is 13.0 Å². The van der Waals surface area contributed by atoms with Crippen LogP contribution in [0.2, 0.25) is 0 Å². The van der Waals surface area contributed by atoms with Crippen LogP contribution in [0.3, 0.4) is 0 Å². The molecule has 3 heterocycles. The molecule has 0 aliphatic carbocycles. The second kappa shape index (κ2) is 9.24. The van der Waals surface area contributed by atoms with Gasteiger partial charge in [-0.3, -0.25) is 9.69 Å². The summed E-state index contributed by atoms with van der Waals surface area (Å²) in [4.78, 5) is 18.0. The minimum Gasteiger partial charge on any atom is -0.468 e. The van der Waals surface area contributed by atoms with Crippen molar-refractivity contribution < 1.29 is 13.6 Å². The minimum atomic E-state index is -0.219. The van der Waals surface area contributed by atoms with E-state index in [9.17, 15) is 9.18 Å². The standard InChI is InChI=1S/C22H24FN3O2S/c23-17-5-7-18(8-6-17)25-9-11-26(12-10-25)20(21-4-1-13-28-21)16-24-22(27)15-19-3-2-14-29-19/h1-8,13-14,20H,9-12,15-16H2,(H,24,27)/t20-/m1/s1. The largest absolute Gasteiger partial charge is 0.468 e. The maximum atomic E-state index is 13.2. The van der Waals surface area contributed by atoms with Crippen LogP contribution in [-0.4, -0.2) is 43.5 Å². The van der Waals surface area contributed by atoms with Crippen LogP contribution in [0, 0.1) is 5.82 Å². The van der Waals surface area contributed by atoms with Crippen LogP contribution in [-0.2, 0) is 11.2 Å². The van der Waals surface area contributed by atoms with Crippen LogP contribution in [0.5, 0.6) is 0 Å². The zero-order valence-electron chi connectivity index (χ0n) is 16.1. The number of amides is 1. The molecule has 1 N–H and O–H groups in total. The van der Waals surface area contributed by atoms with Crippen molar-refractivity contribution in [1.82, 2.24) is 10.2 Å². The Morgan fingerprint density at radius 3 is 2.55 bits per heavy atom. The Bertz CT molecular complexity index is 889. The Morgan fingerprint density at radius 1 is 1.10 bits per heavy atom. The number of rotatable bonds is 7. The third-order valence-corrected chi connectivity index (χ3v) is 6.10. The first-order valence-electron chi connectivity index (χ1n) is 9.76. The number of nitrogens with zero attached hydrogens (tertiary/aromatic N) is 2. The topological polar surface area (TPSA) is 48.7 Å². The Balaban J connectivity index is 1.36. The van der Waals surface area contributed by atoms with E-state index < -0.39 is 0 Å². The number of halogens is 1. The molecule has 4 rings (SSSR count). The normalized spacial score (nSPS) is 16.0. The van der Waals surface area contributed by atoms with Crippen LogP contribution in [0.15, 0.2) is 64.6 Å². The summed E-state index contributed by atoms with van der Waals surface area (Å²) in [5, 5.41) is 5.05. The van der Waals surface area contributed by atoms with Gasteiger partial charge >= 0.3 is 0 Å². The van der Waals surface area contributed by atoms with Crippen LogP contribution in [0.1, 0.15) is 16.7 Å². The highest BCUT2D eigenvalue weighted by Crippen LogP contribution is 2.24. The molecule has 5 nitrogen and oxygen atoms in total. The molecule has 7 heteroatoms. The van der Waals surface area contributed by atoms with E-state index in [4.69, 9.17) is 4.42 Å². The van der Waals surface area contributed by atoms with Crippen LogP contribution >= 0.6 is 11.3 Å². The highest BCUT2D eigenvalue weighted by molar-refractivity contribution is 7.10. The summed E-state index contributed by atoms with van der Waals surface area (Å²) in [6, 6.07) is 14.4. The molecule has 29 heavy (non-hydrogen) atoms. The highest BCUT2D eigenvalue weighted by Gasteiger charge is 2.27. The predicted octanol–water partition coefficient (Wildman–Crippen LogP) is 3.70. The maximum Gasteiger partial charge on any atom is 0.225 e. The Hall–Kier alpha value is -2.64. The van der Waals surface area contributed by atoms with Gasteiger partial charge in [-0.05, 0) is 47.8 Å². The summed E-state index contributed by atoms with van der Waals surface area (Å²) < 4.78 is 18.8. The molecule has 0 unspecified atom stereocenters. The Labute approximate surface area is 173 Å². The van der Waals surface area contributed by atoms with E-state index in [1.54, 1.807) is 17.6 Å². The maximum absolute atomic E-state index is 13.2. The van der Waals surface area contributed by atoms with Gasteiger partial charge in [0.25, 0.3) is 0 Å². The molecule has 0 spiro atoms. The Kier molecular flexibility index (Phi) is 6.27. The van der Waals surface area contributed by atoms with Crippen molar-refractivity contribution in [3.8, 4) is 0 Å². The van der Waals surface area contributed by atoms with Crippen molar-refractivity contribution in [2.45, 2.75) is 12.5 Å². The van der Waals surface area contributed by atoms with Gasteiger partial charge in [0.1, 0.15) is 11.6 Å². The third kappa shape index (κ3) is 5.05. The second-order valence-electron chi connectivity index (χ2n) is 7.09. The fourth-order valence-corrected chi connectivity index (χ4v) is 4.38. The van der Waals surface area contributed by atoms with E-state index in [-0.39, 0.29) is 17.8 Å². The third-order valence-electron chi connectivity index (χ3n) is 5.23. The number of hydrogen-bond donors (Lipinski definition) is 1. The summed E-state index contributed by atoms with van der Waals surface area (Å²) >= 11 is 1.59. The average Bonchev–Trinajstić information content (AvgIpc) is 3.44. The molecule has 3 aromatic rings. The first-order valence-corrected chi connectivity index (χ1v) is 10.6. The van der Waals surface area contributed by atoms with E-state index >= 15 is 0 Å². The molecule has 152 valence electrons. The smallest absolute Gasteiger partial charge is 0.225 e. The van der Waals surface area contributed by atoms with Crippen molar-refractivity contribution in [3.05, 3.63) is 76.6 Å². The molecule has 1 fully saturated rings. The zero-order valence-corrected chi connectivity index (χ0v) is 16.9. The molecule has 1 aliphatic heterocycles. The van der Waals surface area contributed by atoms with Crippen molar-refractivity contribution in [2.75, 3.05) is 37.6 Å². The van der Waals surface area contributed by atoms with E-state index in [1.807, 2.05) is 41.8 Å². The second-order valence-corrected chi connectivity index (χ2v) is 8.12. The minimum absolute atomic E-state index is 0.00680. The molecule has 0 saturated carbocycles. The summed E-state index contributed by atoms with van der Waals surface area (Å²) in [6.45, 7) is 3.86. The monoisotopic (exact) mass is 413 g/mol. The fourth-order valence-electron chi connectivity index (χ4n) is 3.68. The van der Waals surface area contributed by atoms with Crippen LogP contribution in [0.4, 0.5) is 10.1 Å². The van der Waals surface area contributed by atoms with Gasteiger partial charge in [-0.15, -0.1) is 11.3 Å². The number of furan rings is 1. The molecule has 2 aromatic heterocycles. The molecule has 1 aromatic carbocycles. The molecule has 1 aliphatic rings. The molecular formula is C22H24FN3O2S. The number of hydrogen-bond acceptors (Lipinski definition) is 5. The van der Waals surface area contributed by atoms with Crippen LogP contribution in [0.25, 0.3) is 0 Å². The fraction of sp³-hybridized carbons (Fsp3) is 0.318. The molecule has 0 radical (unpaired) electrons. The van der Waals surface area contributed by atoms with Gasteiger partial charge in [0.15, 0.2) is 0 Å². The molecule has 1 amide bonds. The lowest BCUT2D eigenvalue weighted by molar-refractivity contribution is -0.120. The van der Waals surface area contributed by atoms with E-state index in [1.165, 1.54) is 12.1 Å². The molecular weight excluding hydrogens is 389 g/mol. The van der Waals surface area contributed by atoms with Gasteiger partial charge in [0.2, 0.25) is 5.91 Å². The summed E-state index contributed by atoms with van der Waals surface area (Å²) in [5.41, 5.74) is 1.03. The van der Waals surface area contributed by atoms with Crippen molar-refractivity contribution in [2.24, 2.45) is 0 Å². The lowest BCUT2D eigenvalue weighted by atomic mass is 10.1. The summed E-state index contributed by atoms with van der Waals surface area (Å²) in [6.07, 6.45) is 2.07. The number of carbonyl (C=O) groups is 1. The lowest BCUT2D eigenvalue weighted by Crippen LogP contribution is -2.50. The highest BCUT2D eigenvalue weighted by atomic mass is 32.1. The van der Waals surface area contributed by atoms with Gasteiger partial charge < -0.3 is 14.6 Å². The number of thiophene rings is 1. The molecule has 1 atom stereocenters. The average molecular weight is 414 g/mol.